The summed E-state index contributed by atoms with van der Waals surface area (Å²) in [5.74, 6) is -0.860. The van der Waals surface area contributed by atoms with Gasteiger partial charge < -0.3 is 9.67 Å². The predicted octanol–water partition coefficient (Wildman–Crippen LogP) is 4.47. The number of nitrogens with zero attached hydrogens (tertiary/aromatic N) is 1. The highest BCUT2D eigenvalue weighted by atomic mass is 16.4. The molecule has 3 heteroatoms. The summed E-state index contributed by atoms with van der Waals surface area (Å²) in [5.41, 5.74) is 0.768. The number of benzene rings is 3. The molecule has 0 aliphatic rings. The van der Waals surface area contributed by atoms with Crippen molar-refractivity contribution in [3.05, 3.63) is 84.7 Å². The summed E-state index contributed by atoms with van der Waals surface area (Å²) in [5, 5.41) is 14.1. The van der Waals surface area contributed by atoms with Crippen molar-refractivity contribution in [2.24, 2.45) is 0 Å². The number of rotatable bonds is 3. The molecule has 4 rings (SSSR count). The molecule has 0 spiro atoms. The largest absolute Gasteiger partial charge is 0.479 e. The van der Waals surface area contributed by atoms with Crippen molar-refractivity contribution >= 4 is 27.5 Å². The van der Waals surface area contributed by atoms with Crippen LogP contribution in [0.15, 0.2) is 79.1 Å². The van der Waals surface area contributed by atoms with Crippen LogP contribution in [0.4, 0.5) is 0 Å². The van der Waals surface area contributed by atoms with Gasteiger partial charge in [-0.25, -0.2) is 4.79 Å². The van der Waals surface area contributed by atoms with Crippen LogP contribution in [0.1, 0.15) is 11.6 Å². The van der Waals surface area contributed by atoms with Crippen molar-refractivity contribution < 1.29 is 9.90 Å². The second-order valence-corrected chi connectivity index (χ2v) is 5.69. The Labute approximate surface area is 133 Å². The first-order valence-electron chi connectivity index (χ1n) is 7.50. The van der Waals surface area contributed by atoms with Crippen LogP contribution in [0.3, 0.4) is 0 Å². The molecule has 4 aromatic rings. The second kappa shape index (κ2) is 5.29. The monoisotopic (exact) mass is 301 g/mol. The smallest absolute Gasteiger partial charge is 0.331 e. The van der Waals surface area contributed by atoms with E-state index in [9.17, 15) is 9.90 Å². The van der Waals surface area contributed by atoms with Gasteiger partial charge in [-0.15, -0.1) is 0 Å². The van der Waals surface area contributed by atoms with Crippen LogP contribution in [0.2, 0.25) is 0 Å². The number of hydrogen-bond acceptors (Lipinski definition) is 1. The maximum absolute atomic E-state index is 11.8. The third kappa shape index (κ3) is 2.36. The van der Waals surface area contributed by atoms with E-state index in [1.165, 1.54) is 0 Å². The Kier molecular flexibility index (Phi) is 3.12. The van der Waals surface area contributed by atoms with E-state index in [0.29, 0.717) is 0 Å². The normalized spacial score (nSPS) is 12.5. The van der Waals surface area contributed by atoms with E-state index in [2.05, 4.69) is 24.3 Å². The molecule has 0 saturated heterocycles. The summed E-state index contributed by atoms with van der Waals surface area (Å²) in [6.45, 7) is 0. The van der Waals surface area contributed by atoms with E-state index in [0.717, 1.165) is 27.1 Å². The molecule has 1 aromatic heterocycles. The standard InChI is InChI=1S/C20H15NO2/c22-20(23)19(14-6-2-1-3-7-14)21-12-17-10-15-8-4-5-9-16(15)11-18(17)13-21/h1-13,19H,(H,22,23). The molecular weight excluding hydrogens is 286 g/mol. The fourth-order valence-electron chi connectivity index (χ4n) is 3.08. The van der Waals surface area contributed by atoms with Gasteiger partial charge in [0.2, 0.25) is 0 Å². The van der Waals surface area contributed by atoms with Gasteiger partial charge in [0.05, 0.1) is 0 Å². The summed E-state index contributed by atoms with van der Waals surface area (Å²) in [7, 11) is 0. The minimum absolute atomic E-state index is 0.716. The molecule has 0 fully saturated rings. The highest BCUT2D eigenvalue weighted by molar-refractivity contribution is 5.98. The molecule has 23 heavy (non-hydrogen) atoms. The number of aliphatic carboxylic acids is 1. The molecule has 0 aliphatic heterocycles. The highest BCUT2D eigenvalue weighted by Crippen LogP contribution is 2.27. The van der Waals surface area contributed by atoms with E-state index in [-0.39, 0.29) is 0 Å². The van der Waals surface area contributed by atoms with E-state index >= 15 is 0 Å². The molecule has 3 aromatic carbocycles. The fourth-order valence-corrected chi connectivity index (χ4v) is 3.08. The van der Waals surface area contributed by atoms with Gasteiger partial charge in [0.15, 0.2) is 6.04 Å². The number of carbonyl (C=O) groups is 1. The molecular formula is C20H15NO2. The van der Waals surface area contributed by atoms with Crippen LogP contribution >= 0.6 is 0 Å². The second-order valence-electron chi connectivity index (χ2n) is 5.69. The van der Waals surface area contributed by atoms with E-state index in [1.807, 2.05) is 54.9 Å². The van der Waals surface area contributed by atoms with Crippen molar-refractivity contribution in [1.82, 2.24) is 4.57 Å². The van der Waals surface area contributed by atoms with Crippen LogP contribution in [0.25, 0.3) is 21.5 Å². The molecule has 0 bridgehead atoms. The van der Waals surface area contributed by atoms with Gasteiger partial charge in [0.1, 0.15) is 0 Å². The van der Waals surface area contributed by atoms with Gasteiger partial charge in [-0.05, 0) is 28.5 Å². The third-order valence-electron chi connectivity index (χ3n) is 4.18. The molecule has 1 heterocycles. The van der Waals surface area contributed by atoms with E-state index in [1.54, 1.807) is 4.57 Å². The summed E-state index contributed by atoms with van der Waals surface area (Å²) in [6, 6.07) is 21.0. The Morgan fingerprint density at radius 3 is 1.83 bits per heavy atom. The van der Waals surface area contributed by atoms with Gasteiger partial charge in [-0.3, -0.25) is 0 Å². The molecule has 1 N–H and O–H groups in total. The SMILES string of the molecule is O=C(O)C(c1ccccc1)n1cc2cc3ccccc3cc2c1. The Balaban J connectivity index is 1.90. The van der Waals surface area contributed by atoms with Gasteiger partial charge >= 0.3 is 5.97 Å². The van der Waals surface area contributed by atoms with Crippen LogP contribution in [0.5, 0.6) is 0 Å². The summed E-state index contributed by atoms with van der Waals surface area (Å²) >= 11 is 0. The van der Waals surface area contributed by atoms with E-state index in [4.69, 9.17) is 0 Å². The lowest BCUT2D eigenvalue weighted by molar-refractivity contribution is -0.139. The molecule has 0 amide bonds. The fraction of sp³-hybridized carbons (Fsp3) is 0.0500. The molecule has 0 saturated carbocycles. The lowest BCUT2D eigenvalue weighted by atomic mass is 10.1. The summed E-state index contributed by atoms with van der Waals surface area (Å²) in [6.07, 6.45) is 3.82. The van der Waals surface area contributed by atoms with Gasteiger partial charge in [0.25, 0.3) is 0 Å². The van der Waals surface area contributed by atoms with Gasteiger partial charge in [-0.2, -0.15) is 0 Å². The average molecular weight is 301 g/mol. The average Bonchev–Trinajstić information content (AvgIpc) is 2.95. The predicted molar refractivity (Wildman–Crippen MR) is 91.7 cm³/mol. The quantitative estimate of drug-likeness (QED) is 0.606. The molecule has 1 atom stereocenters. The van der Waals surface area contributed by atoms with Crippen LogP contribution in [0, 0.1) is 0 Å². The molecule has 0 radical (unpaired) electrons. The zero-order valence-corrected chi connectivity index (χ0v) is 12.4. The topological polar surface area (TPSA) is 42.2 Å². The number of fused-ring (bicyclic) bond motifs is 2. The molecule has 0 aliphatic carbocycles. The Hall–Kier alpha value is -3.07. The first-order chi connectivity index (χ1) is 11.2. The van der Waals surface area contributed by atoms with Gasteiger partial charge in [0, 0.05) is 23.2 Å². The van der Waals surface area contributed by atoms with Crippen molar-refractivity contribution in [2.75, 3.05) is 0 Å². The lowest BCUT2D eigenvalue weighted by Gasteiger charge is -2.14. The first kappa shape index (κ1) is 13.6. The molecule has 1 unspecified atom stereocenters. The first-order valence-corrected chi connectivity index (χ1v) is 7.50. The minimum Gasteiger partial charge on any atom is -0.479 e. The van der Waals surface area contributed by atoms with Crippen molar-refractivity contribution in [1.29, 1.82) is 0 Å². The number of aromatic nitrogens is 1. The zero-order chi connectivity index (χ0) is 15.8. The summed E-state index contributed by atoms with van der Waals surface area (Å²) < 4.78 is 1.78. The van der Waals surface area contributed by atoms with E-state index < -0.39 is 12.0 Å². The summed E-state index contributed by atoms with van der Waals surface area (Å²) in [4.78, 5) is 11.8. The van der Waals surface area contributed by atoms with Crippen LogP contribution in [-0.4, -0.2) is 15.6 Å². The van der Waals surface area contributed by atoms with Gasteiger partial charge in [-0.1, -0.05) is 54.6 Å². The maximum atomic E-state index is 11.8. The van der Waals surface area contributed by atoms with Crippen molar-refractivity contribution in [2.45, 2.75) is 6.04 Å². The number of hydrogen-bond donors (Lipinski definition) is 1. The number of carboxylic acids is 1. The van der Waals surface area contributed by atoms with Crippen molar-refractivity contribution in [3.63, 3.8) is 0 Å². The highest BCUT2D eigenvalue weighted by Gasteiger charge is 2.21. The Bertz CT molecular complexity index is 949. The zero-order valence-electron chi connectivity index (χ0n) is 12.4. The van der Waals surface area contributed by atoms with Crippen LogP contribution in [-0.2, 0) is 4.79 Å². The Morgan fingerprint density at radius 2 is 1.30 bits per heavy atom. The maximum Gasteiger partial charge on any atom is 0.331 e. The molecule has 3 nitrogen and oxygen atoms in total. The number of carboxylic acid groups (broad SMARTS) is 1. The minimum atomic E-state index is -0.860. The van der Waals surface area contributed by atoms with Crippen molar-refractivity contribution in [3.8, 4) is 0 Å². The lowest BCUT2D eigenvalue weighted by Crippen LogP contribution is -2.18. The molecule has 112 valence electrons. The third-order valence-corrected chi connectivity index (χ3v) is 4.18. The van der Waals surface area contributed by atoms with Crippen LogP contribution < -0.4 is 0 Å². The Morgan fingerprint density at radius 1 is 0.783 bits per heavy atom.